The van der Waals surface area contributed by atoms with Gasteiger partial charge in [0.2, 0.25) is 5.91 Å². The molecule has 0 spiro atoms. The third kappa shape index (κ3) is 11.1. The van der Waals surface area contributed by atoms with Crippen LogP contribution in [0.15, 0.2) is 84.9 Å². The van der Waals surface area contributed by atoms with Gasteiger partial charge in [-0.3, -0.25) is 9.69 Å². The number of rotatable bonds is 11. The second-order valence-corrected chi connectivity index (χ2v) is 10.2. The normalized spacial score (nSPS) is 13.5. The molecule has 3 aromatic carbocycles. The third-order valence-corrected chi connectivity index (χ3v) is 6.98. The van der Waals surface area contributed by atoms with Crippen molar-refractivity contribution in [1.29, 1.82) is 0 Å². The van der Waals surface area contributed by atoms with Gasteiger partial charge in [-0.05, 0) is 61.2 Å². The van der Waals surface area contributed by atoms with Crippen LogP contribution in [0.2, 0.25) is 0 Å². The Morgan fingerprint density at radius 3 is 2.00 bits per heavy atom. The number of carboxylic acid groups (broad SMARTS) is 2. The van der Waals surface area contributed by atoms with Crippen LogP contribution in [-0.4, -0.2) is 57.5 Å². The summed E-state index contributed by atoms with van der Waals surface area (Å²) in [5.74, 6) is -2.28. The first-order chi connectivity index (χ1) is 19.9. The third-order valence-electron chi connectivity index (χ3n) is 6.98. The van der Waals surface area contributed by atoms with Crippen molar-refractivity contribution in [2.24, 2.45) is 5.92 Å². The molecule has 0 saturated carbocycles. The summed E-state index contributed by atoms with van der Waals surface area (Å²) in [5.41, 5.74) is 3.64. The number of benzene rings is 3. The van der Waals surface area contributed by atoms with E-state index in [2.05, 4.69) is 71.3 Å². The van der Waals surface area contributed by atoms with E-state index in [0.29, 0.717) is 12.5 Å². The second-order valence-electron chi connectivity index (χ2n) is 10.2. The highest BCUT2D eigenvalue weighted by Gasteiger charge is 2.28. The SMILES string of the molecule is CCCCN(Cc1ccccc1)C(=O)C1CCN(Cc2cccc(OCc3ccccc3)c2)CC1.O=C(O)C(=O)O. The van der Waals surface area contributed by atoms with Gasteiger partial charge in [0.1, 0.15) is 12.4 Å². The Morgan fingerprint density at radius 2 is 1.41 bits per heavy atom. The molecule has 1 saturated heterocycles. The summed E-state index contributed by atoms with van der Waals surface area (Å²) in [6, 6.07) is 29.0. The lowest BCUT2D eigenvalue weighted by molar-refractivity contribution is -0.159. The lowest BCUT2D eigenvalue weighted by atomic mass is 9.94. The smallest absolute Gasteiger partial charge is 0.414 e. The van der Waals surface area contributed by atoms with Crippen molar-refractivity contribution in [2.45, 2.75) is 52.3 Å². The van der Waals surface area contributed by atoms with E-state index in [1.165, 1.54) is 16.7 Å². The second kappa shape index (κ2) is 16.8. The van der Waals surface area contributed by atoms with Gasteiger partial charge >= 0.3 is 11.9 Å². The van der Waals surface area contributed by atoms with Crippen LogP contribution >= 0.6 is 0 Å². The van der Waals surface area contributed by atoms with Crippen LogP contribution in [0, 0.1) is 5.92 Å². The van der Waals surface area contributed by atoms with E-state index < -0.39 is 11.9 Å². The quantitative estimate of drug-likeness (QED) is 0.300. The first kappa shape index (κ1) is 31.4. The zero-order chi connectivity index (χ0) is 29.5. The van der Waals surface area contributed by atoms with Crippen molar-refractivity contribution >= 4 is 17.8 Å². The molecule has 3 aromatic rings. The minimum absolute atomic E-state index is 0.132. The molecule has 1 aliphatic heterocycles. The number of unbranched alkanes of at least 4 members (excludes halogenated alkanes) is 1. The number of piperidine rings is 1. The number of likely N-dealkylation sites (tertiary alicyclic amines) is 1. The summed E-state index contributed by atoms with van der Waals surface area (Å²) in [7, 11) is 0. The van der Waals surface area contributed by atoms with Crippen LogP contribution in [0.3, 0.4) is 0 Å². The van der Waals surface area contributed by atoms with E-state index in [0.717, 1.165) is 64.2 Å². The number of carbonyl (C=O) groups is 3. The molecule has 41 heavy (non-hydrogen) atoms. The molecule has 1 aliphatic rings. The fraction of sp³-hybridized carbons (Fsp3) is 0.364. The van der Waals surface area contributed by atoms with Crippen molar-refractivity contribution in [3.05, 3.63) is 102 Å². The van der Waals surface area contributed by atoms with Crippen LogP contribution in [0.4, 0.5) is 0 Å². The van der Waals surface area contributed by atoms with Gasteiger partial charge in [0, 0.05) is 25.6 Å². The number of carboxylic acids is 2. The minimum atomic E-state index is -1.82. The number of ether oxygens (including phenoxy) is 1. The first-order valence-corrected chi connectivity index (χ1v) is 14.1. The zero-order valence-electron chi connectivity index (χ0n) is 23.7. The Bertz CT molecular complexity index is 1210. The highest BCUT2D eigenvalue weighted by atomic mass is 16.5. The predicted molar refractivity (Wildman–Crippen MR) is 157 cm³/mol. The van der Waals surface area contributed by atoms with E-state index in [1.54, 1.807) is 0 Å². The fourth-order valence-corrected chi connectivity index (χ4v) is 4.75. The van der Waals surface area contributed by atoms with Crippen LogP contribution in [0.5, 0.6) is 5.75 Å². The lowest BCUT2D eigenvalue weighted by Gasteiger charge is -2.34. The molecule has 1 fully saturated rings. The molecule has 1 heterocycles. The molecule has 0 aliphatic carbocycles. The molecule has 0 atom stereocenters. The molecule has 1 amide bonds. The Kier molecular flexibility index (Phi) is 12.9. The summed E-state index contributed by atoms with van der Waals surface area (Å²) >= 11 is 0. The largest absolute Gasteiger partial charge is 0.489 e. The molecule has 218 valence electrons. The van der Waals surface area contributed by atoms with Crippen molar-refractivity contribution < 1.29 is 29.3 Å². The number of carbonyl (C=O) groups excluding carboxylic acids is 1. The number of amides is 1. The van der Waals surface area contributed by atoms with E-state index in [-0.39, 0.29) is 5.92 Å². The van der Waals surface area contributed by atoms with Gasteiger partial charge in [-0.1, -0.05) is 86.1 Å². The highest BCUT2D eigenvalue weighted by Crippen LogP contribution is 2.24. The molecule has 2 N–H and O–H groups in total. The molecular weight excluding hydrogens is 520 g/mol. The maximum atomic E-state index is 13.4. The van der Waals surface area contributed by atoms with Gasteiger partial charge in [-0.25, -0.2) is 9.59 Å². The molecule has 0 bridgehead atoms. The molecule has 0 unspecified atom stereocenters. The monoisotopic (exact) mass is 560 g/mol. The number of aliphatic carboxylic acids is 2. The Balaban J connectivity index is 0.000000696. The van der Waals surface area contributed by atoms with Crippen molar-refractivity contribution in [3.63, 3.8) is 0 Å². The standard InChI is InChI=1S/C31H38N2O2.C2H2O4/c1-2-3-19-33(24-26-11-6-4-7-12-26)31(34)29-17-20-32(21-18-29)23-28-15-10-16-30(22-28)35-25-27-13-8-5-9-14-27;3-1(4)2(5)6/h4-16,22,29H,2-3,17-21,23-25H2,1H3;(H,3,4)(H,5,6). The highest BCUT2D eigenvalue weighted by molar-refractivity contribution is 6.27. The van der Waals surface area contributed by atoms with Crippen LogP contribution in [0.1, 0.15) is 49.3 Å². The minimum Gasteiger partial charge on any atom is -0.489 e. The fourth-order valence-electron chi connectivity index (χ4n) is 4.75. The van der Waals surface area contributed by atoms with Gasteiger partial charge in [0.05, 0.1) is 0 Å². The average molecular weight is 561 g/mol. The first-order valence-electron chi connectivity index (χ1n) is 14.1. The predicted octanol–water partition coefficient (Wildman–Crippen LogP) is 5.46. The number of hydrogen-bond donors (Lipinski definition) is 2. The Morgan fingerprint density at radius 1 is 0.829 bits per heavy atom. The summed E-state index contributed by atoms with van der Waals surface area (Å²) in [4.78, 5) is 36.2. The lowest BCUT2D eigenvalue weighted by Crippen LogP contribution is -2.42. The molecule has 0 radical (unpaired) electrons. The summed E-state index contributed by atoms with van der Waals surface area (Å²) in [6.07, 6.45) is 4.02. The van der Waals surface area contributed by atoms with Crippen molar-refractivity contribution in [1.82, 2.24) is 9.80 Å². The summed E-state index contributed by atoms with van der Waals surface area (Å²) in [5, 5.41) is 14.8. The maximum Gasteiger partial charge on any atom is 0.414 e. The van der Waals surface area contributed by atoms with E-state index >= 15 is 0 Å². The van der Waals surface area contributed by atoms with Gasteiger partial charge in [-0.2, -0.15) is 0 Å². The van der Waals surface area contributed by atoms with E-state index in [9.17, 15) is 4.79 Å². The Hall–Kier alpha value is -4.17. The molecule has 8 nitrogen and oxygen atoms in total. The Labute approximate surface area is 242 Å². The van der Waals surface area contributed by atoms with Crippen molar-refractivity contribution in [2.75, 3.05) is 19.6 Å². The topological polar surface area (TPSA) is 107 Å². The van der Waals surface area contributed by atoms with Crippen LogP contribution < -0.4 is 4.74 Å². The summed E-state index contributed by atoms with van der Waals surface area (Å²) < 4.78 is 6.01. The summed E-state index contributed by atoms with van der Waals surface area (Å²) in [6.45, 7) is 7.14. The van der Waals surface area contributed by atoms with Gasteiger partial charge in [-0.15, -0.1) is 0 Å². The molecular formula is C33H40N2O6. The van der Waals surface area contributed by atoms with Gasteiger partial charge < -0.3 is 19.8 Å². The maximum absolute atomic E-state index is 13.4. The average Bonchev–Trinajstić information content (AvgIpc) is 3.00. The van der Waals surface area contributed by atoms with Gasteiger partial charge in [0.25, 0.3) is 0 Å². The number of nitrogens with zero attached hydrogens (tertiary/aromatic N) is 2. The van der Waals surface area contributed by atoms with E-state index in [4.69, 9.17) is 24.5 Å². The van der Waals surface area contributed by atoms with Crippen LogP contribution in [0.25, 0.3) is 0 Å². The van der Waals surface area contributed by atoms with E-state index in [1.807, 2.05) is 30.3 Å². The molecule has 4 rings (SSSR count). The van der Waals surface area contributed by atoms with Gasteiger partial charge in [0.15, 0.2) is 0 Å². The molecule has 8 heteroatoms. The molecule has 0 aromatic heterocycles. The van der Waals surface area contributed by atoms with Crippen molar-refractivity contribution in [3.8, 4) is 5.75 Å². The van der Waals surface area contributed by atoms with Crippen LogP contribution in [-0.2, 0) is 34.1 Å². The zero-order valence-corrected chi connectivity index (χ0v) is 23.7. The number of hydrogen-bond acceptors (Lipinski definition) is 5.